The summed E-state index contributed by atoms with van der Waals surface area (Å²) in [4.78, 5) is 23.9. The van der Waals surface area contributed by atoms with Gasteiger partial charge < -0.3 is 19.7 Å². The standard InChI is InChI=1S/C44H74O6/c1-3-5-7-9-11-12-13-14-15-16-17-18-22-25-29-33-37-43(47)49-39-42(46)40-50-44(48)38-34-30-26-23-20-19-21-24-28-32-36-41(45)35-31-27-10-8-6-4-2/h6,8,19-20,24,26-28,30-32,36,41-42,45-46H,3-5,7,9-18,21-23,25,29,33-35,37-40H2,1-2H3/b8-6-,20-19-,28-24-,30-26-,31-27-,36-32+/t41?,42-/m0/s1. The Kier molecular flexibility index (Phi) is 37.0. The Morgan fingerprint density at radius 1 is 0.520 bits per heavy atom. The largest absolute Gasteiger partial charge is 0.463 e. The van der Waals surface area contributed by atoms with Crippen molar-refractivity contribution in [1.29, 1.82) is 0 Å². The van der Waals surface area contributed by atoms with Crippen LogP contribution in [0.3, 0.4) is 0 Å². The molecule has 0 saturated heterocycles. The van der Waals surface area contributed by atoms with Crippen LogP contribution in [0, 0.1) is 0 Å². The van der Waals surface area contributed by atoms with Crippen LogP contribution < -0.4 is 0 Å². The molecule has 6 nitrogen and oxygen atoms in total. The van der Waals surface area contributed by atoms with E-state index in [1.807, 2.05) is 36.5 Å². The zero-order valence-corrected chi connectivity index (χ0v) is 32.0. The number of aliphatic hydroxyl groups excluding tert-OH is 2. The first kappa shape index (κ1) is 47.3. The average Bonchev–Trinajstić information content (AvgIpc) is 3.11. The van der Waals surface area contributed by atoms with Gasteiger partial charge in [-0.3, -0.25) is 9.59 Å². The first-order valence-corrected chi connectivity index (χ1v) is 20.1. The van der Waals surface area contributed by atoms with E-state index in [0.29, 0.717) is 19.3 Å². The number of hydrogen-bond acceptors (Lipinski definition) is 6. The van der Waals surface area contributed by atoms with Crippen LogP contribution in [0.25, 0.3) is 0 Å². The van der Waals surface area contributed by atoms with Gasteiger partial charge in [0.25, 0.3) is 0 Å². The van der Waals surface area contributed by atoms with Crippen molar-refractivity contribution in [3.8, 4) is 0 Å². The summed E-state index contributed by atoms with van der Waals surface area (Å²) in [5.74, 6) is -0.690. The number of aliphatic hydroxyl groups is 2. The molecule has 0 aliphatic heterocycles. The van der Waals surface area contributed by atoms with Crippen LogP contribution in [-0.4, -0.2) is 47.6 Å². The number of rotatable bonds is 35. The Bertz CT molecular complexity index is 944. The molecular weight excluding hydrogens is 624 g/mol. The van der Waals surface area contributed by atoms with E-state index >= 15 is 0 Å². The molecule has 0 bridgehead atoms. The van der Waals surface area contributed by atoms with Gasteiger partial charge >= 0.3 is 11.9 Å². The minimum atomic E-state index is -1.01. The van der Waals surface area contributed by atoms with E-state index in [4.69, 9.17) is 9.47 Å². The van der Waals surface area contributed by atoms with Gasteiger partial charge in [0, 0.05) is 12.8 Å². The lowest BCUT2D eigenvalue weighted by atomic mass is 10.0. The van der Waals surface area contributed by atoms with E-state index < -0.39 is 12.2 Å². The summed E-state index contributed by atoms with van der Waals surface area (Å²) in [6.07, 6.45) is 48.5. The van der Waals surface area contributed by atoms with Crippen molar-refractivity contribution in [3.05, 3.63) is 72.9 Å². The number of carbonyl (C=O) groups excluding carboxylic acids is 2. The molecule has 0 aromatic heterocycles. The Hall–Kier alpha value is -2.70. The number of hydrogen-bond donors (Lipinski definition) is 2. The van der Waals surface area contributed by atoms with Gasteiger partial charge in [0.1, 0.15) is 19.3 Å². The van der Waals surface area contributed by atoms with E-state index in [2.05, 4.69) is 44.2 Å². The molecule has 6 heteroatoms. The van der Waals surface area contributed by atoms with Gasteiger partial charge in [-0.05, 0) is 44.9 Å². The number of ether oxygens (including phenoxy) is 2. The van der Waals surface area contributed by atoms with Crippen molar-refractivity contribution in [2.75, 3.05) is 13.2 Å². The molecule has 0 heterocycles. The molecule has 0 amide bonds. The molecule has 0 radical (unpaired) electrons. The summed E-state index contributed by atoms with van der Waals surface area (Å²) in [6.45, 7) is 4.05. The summed E-state index contributed by atoms with van der Waals surface area (Å²) in [5.41, 5.74) is 0. The predicted octanol–water partition coefficient (Wildman–Crippen LogP) is 11.5. The minimum absolute atomic E-state index is 0.153. The summed E-state index contributed by atoms with van der Waals surface area (Å²) in [5, 5.41) is 19.9. The highest BCUT2D eigenvalue weighted by molar-refractivity contribution is 5.70. The Morgan fingerprint density at radius 3 is 1.54 bits per heavy atom. The van der Waals surface area contributed by atoms with Crippen LogP contribution in [0.5, 0.6) is 0 Å². The summed E-state index contributed by atoms with van der Waals surface area (Å²) < 4.78 is 10.3. The average molecular weight is 699 g/mol. The van der Waals surface area contributed by atoms with Gasteiger partial charge in [0.15, 0.2) is 0 Å². The maximum atomic E-state index is 12.0. The normalized spacial score (nSPS) is 13.6. The van der Waals surface area contributed by atoms with E-state index in [-0.39, 0.29) is 31.6 Å². The monoisotopic (exact) mass is 699 g/mol. The van der Waals surface area contributed by atoms with Crippen molar-refractivity contribution < 1.29 is 29.3 Å². The van der Waals surface area contributed by atoms with Crippen LogP contribution in [0.1, 0.15) is 168 Å². The van der Waals surface area contributed by atoms with Crippen molar-refractivity contribution in [2.45, 2.75) is 180 Å². The minimum Gasteiger partial charge on any atom is -0.463 e. The molecule has 0 spiro atoms. The highest BCUT2D eigenvalue weighted by atomic mass is 16.6. The van der Waals surface area contributed by atoms with Gasteiger partial charge in [-0.25, -0.2) is 0 Å². The van der Waals surface area contributed by atoms with Crippen LogP contribution in [0.2, 0.25) is 0 Å². The van der Waals surface area contributed by atoms with Gasteiger partial charge in [-0.15, -0.1) is 0 Å². The third-order valence-electron chi connectivity index (χ3n) is 8.30. The number of unbranched alkanes of at least 4 members (excludes halogenated alkanes) is 15. The van der Waals surface area contributed by atoms with E-state index in [1.165, 1.54) is 83.5 Å². The lowest BCUT2D eigenvalue weighted by Crippen LogP contribution is -2.25. The van der Waals surface area contributed by atoms with Gasteiger partial charge in [0.05, 0.1) is 6.10 Å². The summed E-state index contributed by atoms with van der Waals surface area (Å²) in [6, 6.07) is 0. The molecule has 0 aliphatic rings. The van der Waals surface area contributed by atoms with Gasteiger partial charge in [0.2, 0.25) is 0 Å². The molecule has 0 aromatic rings. The van der Waals surface area contributed by atoms with Crippen LogP contribution >= 0.6 is 0 Å². The van der Waals surface area contributed by atoms with Crippen molar-refractivity contribution in [3.63, 3.8) is 0 Å². The quantitative estimate of drug-likeness (QED) is 0.0296. The molecule has 0 aromatic carbocycles. The Balaban J connectivity index is 3.63. The lowest BCUT2D eigenvalue weighted by molar-refractivity contribution is -0.152. The number of carbonyl (C=O) groups is 2. The fraction of sp³-hybridized carbons (Fsp3) is 0.682. The van der Waals surface area contributed by atoms with E-state index in [1.54, 1.807) is 6.08 Å². The Labute approximate surface area is 306 Å². The molecule has 50 heavy (non-hydrogen) atoms. The predicted molar refractivity (Wildman–Crippen MR) is 211 cm³/mol. The molecule has 2 N–H and O–H groups in total. The molecule has 0 fully saturated rings. The second kappa shape index (κ2) is 39.1. The third kappa shape index (κ3) is 38.1. The maximum Gasteiger partial charge on any atom is 0.306 e. The Morgan fingerprint density at radius 2 is 0.980 bits per heavy atom. The molecule has 286 valence electrons. The van der Waals surface area contributed by atoms with E-state index in [9.17, 15) is 19.8 Å². The van der Waals surface area contributed by atoms with Gasteiger partial charge in [-0.2, -0.15) is 0 Å². The van der Waals surface area contributed by atoms with Crippen molar-refractivity contribution >= 4 is 11.9 Å². The third-order valence-corrected chi connectivity index (χ3v) is 8.30. The molecule has 0 saturated carbocycles. The van der Waals surface area contributed by atoms with Crippen molar-refractivity contribution in [1.82, 2.24) is 0 Å². The SMILES string of the molecule is CC/C=C\C/C=C\CC(O)/C=C/C=C\C/C=C\C/C=C\CCC(=O)OC[C@@H](O)COC(=O)CCCCCCCCCCCCCCCCCC. The second-order valence-electron chi connectivity index (χ2n) is 13.2. The first-order chi connectivity index (χ1) is 24.5. The summed E-state index contributed by atoms with van der Waals surface area (Å²) in [7, 11) is 0. The van der Waals surface area contributed by atoms with Gasteiger partial charge in [-0.1, -0.05) is 183 Å². The smallest absolute Gasteiger partial charge is 0.306 e. The second-order valence-corrected chi connectivity index (χ2v) is 13.2. The molecule has 2 atom stereocenters. The lowest BCUT2D eigenvalue weighted by Gasteiger charge is -2.12. The first-order valence-electron chi connectivity index (χ1n) is 20.1. The highest BCUT2D eigenvalue weighted by Crippen LogP contribution is 2.14. The highest BCUT2D eigenvalue weighted by Gasteiger charge is 2.11. The fourth-order valence-corrected chi connectivity index (χ4v) is 5.25. The molecule has 1 unspecified atom stereocenters. The molecular formula is C44H74O6. The fourth-order valence-electron chi connectivity index (χ4n) is 5.25. The van der Waals surface area contributed by atoms with Crippen LogP contribution in [-0.2, 0) is 19.1 Å². The van der Waals surface area contributed by atoms with E-state index in [0.717, 1.165) is 44.9 Å². The zero-order chi connectivity index (χ0) is 36.6. The topological polar surface area (TPSA) is 93.1 Å². The number of esters is 2. The van der Waals surface area contributed by atoms with Crippen LogP contribution in [0.15, 0.2) is 72.9 Å². The number of allylic oxidation sites excluding steroid dienone is 10. The van der Waals surface area contributed by atoms with Crippen molar-refractivity contribution in [2.24, 2.45) is 0 Å². The van der Waals surface area contributed by atoms with Crippen LogP contribution in [0.4, 0.5) is 0 Å². The summed E-state index contributed by atoms with van der Waals surface area (Å²) >= 11 is 0. The maximum absolute atomic E-state index is 12.0. The zero-order valence-electron chi connectivity index (χ0n) is 32.0. The molecule has 0 aliphatic carbocycles. The molecule has 0 rings (SSSR count).